The van der Waals surface area contributed by atoms with Crippen LogP contribution in [0.2, 0.25) is 0 Å². The van der Waals surface area contributed by atoms with Crippen LogP contribution in [0.1, 0.15) is 31.7 Å². The number of carbonyl (C=O) groups is 1. The van der Waals surface area contributed by atoms with E-state index in [2.05, 4.69) is 16.8 Å². The van der Waals surface area contributed by atoms with Crippen LogP contribution in [0.4, 0.5) is 23.7 Å². The fourth-order valence-electron chi connectivity index (χ4n) is 4.75. The van der Waals surface area contributed by atoms with Gasteiger partial charge in [0.15, 0.2) is 0 Å². The monoisotopic (exact) mass is 421 g/mol. The van der Waals surface area contributed by atoms with E-state index in [-0.39, 0.29) is 11.6 Å². The van der Waals surface area contributed by atoms with Crippen LogP contribution in [-0.2, 0) is 10.9 Å². The first-order valence-electron chi connectivity index (χ1n) is 10.4. The number of hydrogen-bond acceptors (Lipinski definition) is 4. The number of rotatable bonds is 5. The van der Waals surface area contributed by atoms with Crippen LogP contribution in [0, 0.1) is 11.8 Å². The molecule has 0 spiro atoms. The number of piperidine rings is 1. The second-order valence-corrected chi connectivity index (χ2v) is 8.39. The molecule has 3 heterocycles. The number of halogens is 3. The minimum atomic E-state index is -4.43. The van der Waals surface area contributed by atoms with Crippen molar-refractivity contribution in [1.82, 2.24) is 9.88 Å². The van der Waals surface area contributed by atoms with Gasteiger partial charge in [0.2, 0.25) is 0 Å². The molecule has 2 aromatic rings. The van der Waals surface area contributed by atoms with Crippen LogP contribution in [0.25, 0.3) is 10.9 Å². The molecule has 30 heavy (non-hydrogen) atoms. The number of fused-ring (bicyclic) bond motifs is 1. The first-order chi connectivity index (χ1) is 14.3. The van der Waals surface area contributed by atoms with Gasteiger partial charge in [-0.1, -0.05) is 6.92 Å². The fraction of sp³-hybridized carbons (Fsp3) is 0.545. The van der Waals surface area contributed by atoms with Crippen LogP contribution in [0.3, 0.4) is 0 Å². The lowest BCUT2D eigenvalue weighted by Gasteiger charge is -2.39. The number of aromatic nitrogens is 1. The average molecular weight is 421 g/mol. The number of anilines is 1. The van der Waals surface area contributed by atoms with Crippen molar-refractivity contribution in [3.05, 3.63) is 36.0 Å². The Kier molecular flexibility index (Phi) is 5.75. The molecule has 0 N–H and O–H groups in total. The summed E-state index contributed by atoms with van der Waals surface area (Å²) in [7, 11) is 0. The summed E-state index contributed by atoms with van der Waals surface area (Å²) in [5, 5.41) is 0.542. The molecule has 4 rings (SSSR count). The minimum absolute atomic E-state index is 0.00447. The number of amides is 1. The van der Waals surface area contributed by atoms with E-state index in [1.54, 1.807) is 23.1 Å². The lowest BCUT2D eigenvalue weighted by Crippen LogP contribution is -2.40. The number of benzene rings is 1. The van der Waals surface area contributed by atoms with Gasteiger partial charge in [-0.3, -0.25) is 4.98 Å². The molecule has 2 aliphatic rings. The van der Waals surface area contributed by atoms with Crippen molar-refractivity contribution in [3.63, 3.8) is 0 Å². The average Bonchev–Trinajstić information content (AvgIpc) is 3.11. The molecule has 0 unspecified atom stereocenters. The van der Waals surface area contributed by atoms with Gasteiger partial charge < -0.3 is 14.5 Å². The molecular formula is C22H26F3N3O2. The number of pyridine rings is 1. The summed E-state index contributed by atoms with van der Waals surface area (Å²) in [6.45, 7) is 5.59. The van der Waals surface area contributed by atoms with Gasteiger partial charge in [-0.2, -0.15) is 13.2 Å². The third-order valence-electron chi connectivity index (χ3n) is 6.02. The Morgan fingerprint density at radius 2 is 2.07 bits per heavy atom. The molecule has 2 fully saturated rings. The molecule has 5 nitrogen and oxygen atoms in total. The van der Waals surface area contributed by atoms with Gasteiger partial charge in [0.1, 0.15) is 6.61 Å². The zero-order valence-electron chi connectivity index (χ0n) is 17.0. The Morgan fingerprint density at radius 3 is 2.80 bits per heavy atom. The topological polar surface area (TPSA) is 45.7 Å². The SMILES string of the molecule is C[C@H]1C[C@@H](CCCN2CCOC2=O)CN(c2ccc(C(F)(F)F)c3ncccc23)C1. The molecule has 1 amide bonds. The van der Waals surface area contributed by atoms with Crippen LogP contribution < -0.4 is 4.90 Å². The van der Waals surface area contributed by atoms with E-state index in [4.69, 9.17) is 4.74 Å². The number of ether oxygens (including phenoxy) is 1. The van der Waals surface area contributed by atoms with Gasteiger partial charge in [-0.15, -0.1) is 0 Å². The summed E-state index contributed by atoms with van der Waals surface area (Å²) in [4.78, 5) is 19.6. The van der Waals surface area contributed by atoms with E-state index in [1.807, 2.05) is 0 Å². The maximum Gasteiger partial charge on any atom is 0.418 e. The predicted octanol–water partition coefficient (Wildman–Crippen LogP) is 4.95. The number of carbonyl (C=O) groups excluding carboxylic acids is 1. The quantitative estimate of drug-likeness (QED) is 0.686. The molecule has 0 aliphatic carbocycles. The van der Waals surface area contributed by atoms with E-state index in [0.29, 0.717) is 36.9 Å². The second kappa shape index (κ2) is 8.32. The van der Waals surface area contributed by atoms with Crippen molar-refractivity contribution in [2.45, 2.75) is 32.4 Å². The summed E-state index contributed by atoms with van der Waals surface area (Å²) in [5.41, 5.74) is 0.122. The fourth-order valence-corrected chi connectivity index (χ4v) is 4.75. The summed E-state index contributed by atoms with van der Waals surface area (Å²) in [5.74, 6) is 0.871. The maximum atomic E-state index is 13.4. The lowest BCUT2D eigenvalue weighted by molar-refractivity contribution is -0.136. The van der Waals surface area contributed by atoms with Gasteiger partial charge >= 0.3 is 12.3 Å². The van der Waals surface area contributed by atoms with Crippen LogP contribution in [0.15, 0.2) is 30.5 Å². The number of hydrogen-bond donors (Lipinski definition) is 0. The largest absolute Gasteiger partial charge is 0.448 e. The summed E-state index contributed by atoms with van der Waals surface area (Å²) in [6.07, 6.45) is -0.307. The molecule has 162 valence electrons. The molecule has 2 atom stereocenters. The number of nitrogens with zero attached hydrogens (tertiary/aromatic N) is 3. The molecule has 2 aliphatic heterocycles. The van der Waals surface area contributed by atoms with Crippen LogP contribution in [0.5, 0.6) is 0 Å². The summed E-state index contributed by atoms with van der Waals surface area (Å²) in [6, 6.07) is 6.15. The highest BCUT2D eigenvalue weighted by atomic mass is 19.4. The van der Waals surface area contributed by atoms with Gasteiger partial charge in [0.25, 0.3) is 0 Å². The summed E-state index contributed by atoms with van der Waals surface area (Å²) < 4.78 is 45.2. The Bertz CT molecular complexity index is 918. The zero-order chi connectivity index (χ0) is 21.3. The molecule has 0 saturated carbocycles. The Labute approximate surface area is 173 Å². The van der Waals surface area contributed by atoms with Gasteiger partial charge in [-0.25, -0.2) is 4.79 Å². The summed E-state index contributed by atoms with van der Waals surface area (Å²) >= 11 is 0. The first-order valence-corrected chi connectivity index (χ1v) is 10.4. The standard InChI is InChI=1S/C22H26F3N3O2/c1-15-12-16(4-3-9-27-10-11-30-21(27)29)14-28(13-15)19-7-6-18(22(23,24)25)20-17(19)5-2-8-26-20/h2,5-8,15-16H,3-4,9-14H2,1H3/t15-,16+/m0/s1. The van der Waals surface area contributed by atoms with Gasteiger partial charge in [0, 0.05) is 36.9 Å². The predicted molar refractivity (Wildman–Crippen MR) is 108 cm³/mol. The van der Waals surface area contributed by atoms with Crippen molar-refractivity contribution in [2.75, 3.05) is 37.7 Å². The zero-order valence-corrected chi connectivity index (χ0v) is 17.0. The maximum absolute atomic E-state index is 13.4. The molecule has 1 aromatic heterocycles. The Hall–Kier alpha value is -2.51. The van der Waals surface area contributed by atoms with Crippen molar-refractivity contribution < 1.29 is 22.7 Å². The Balaban J connectivity index is 1.50. The molecule has 0 bridgehead atoms. The second-order valence-electron chi connectivity index (χ2n) is 8.39. The Morgan fingerprint density at radius 1 is 1.23 bits per heavy atom. The third kappa shape index (κ3) is 4.32. The third-order valence-corrected chi connectivity index (χ3v) is 6.02. The van der Waals surface area contributed by atoms with Crippen molar-refractivity contribution in [2.24, 2.45) is 11.8 Å². The highest BCUT2D eigenvalue weighted by molar-refractivity contribution is 5.94. The first kappa shape index (κ1) is 20.8. The number of alkyl halides is 3. The molecular weight excluding hydrogens is 395 g/mol. The highest BCUT2D eigenvalue weighted by Crippen LogP contribution is 2.39. The van der Waals surface area contributed by atoms with E-state index in [9.17, 15) is 18.0 Å². The smallest absolute Gasteiger partial charge is 0.418 e. The normalized spacial score (nSPS) is 22.6. The number of cyclic esters (lactones) is 1. The minimum Gasteiger partial charge on any atom is -0.448 e. The van der Waals surface area contributed by atoms with Gasteiger partial charge in [-0.05, 0) is 55.4 Å². The highest BCUT2D eigenvalue weighted by Gasteiger charge is 2.34. The molecule has 8 heteroatoms. The van der Waals surface area contributed by atoms with Gasteiger partial charge in [0.05, 0.1) is 17.6 Å². The van der Waals surface area contributed by atoms with Crippen molar-refractivity contribution >= 4 is 22.7 Å². The molecule has 1 aromatic carbocycles. The van der Waals surface area contributed by atoms with E-state index in [0.717, 1.165) is 44.1 Å². The van der Waals surface area contributed by atoms with E-state index in [1.165, 1.54) is 6.20 Å². The van der Waals surface area contributed by atoms with Crippen LogP contribution >= 0.6 is 0 Å². The van der Waals surface area contributed by atoms with Crippen molar-refractivity contribution in [1.29, 1.82) is 0 Å². The van der Waals surface area contributed by atoms with Crippen molar-refractivity contribution in [3.8, 4) is 0 Å². The molecule has 0 radical (unpaired) electrons. The molecule has 2 saturated heterocycles. The van der Waals surface area contributed by atoms with E-state index < -0.39 is 11.7 Å². The van der Waals surface area contributed by atoms with E-state index >= 15 is 0 Å². The van der Waals surface area contributed by atoms with Crippen LogP contribution in [-0.4, -0.2) is 48.8 Å². The lowest BCUT2D eigenvalue weighted by atomic mass is 9.86.